The van der Waals surface area contributed by atoms with Gasteiger partial charge in [0.15, 0.2) is 0 Å². The van der Waals surface area contributed by atoms with Crippen LogP contribution in [0.5, 0.6) is 0 Å². The molecule has 2 aromatic rings. The van der Waals surface area contributed by atoms with E-state index < -0.39 is 0 Å². The van der Waals surface area contributed by atoms with E-state index in [-0.39, 0.29) is 11.3 Å². The quantitative estimate of drug-likeness (QED) is 0.789. The van der Waals surface area contributed by atoms with Gasteiger partial charge in [-0.3, -0.25) is 4.79 Å². The monoisotopic (exact) mass is 287 g/mol. The number of carbonyl (C=O) groups excluding carboxylic acids is 1. The summed E-state index contributed by atoms with van der Waals surface area (Å²) in [5.41, 5.74) is 2.41. The Labute approximate surface area is 124 Å². The standard InChI is InChI=1S/C17H18ClNO/c18-17(20)12-16(11-14-7-3-1-4-8-14)19-13-15-9-5-2-6-10-15/h1-10,16,19H,11-13H2. The summed E-state index contributed by atoms with van der Waals surface area (Å²) >= 11 is 5.54. The molecule has 0 spiro atoms. The van der Waals surface area contributed by atoms with Crippen molar-refractivity contribution in [3.05, 3.63) is 71.8 Å². The largest absolute Gasteiger partial charge is 0.309 e. The van der Waals surface area contributed by atoms with Gasteiger partial charge in [0, 0.05) is 19.0 Å². The fourth-order valence-corrected chi connectivity index (χ4v) is 2.35. The van der Waals surface area contributed by atoms with E-state index in [1.165, 1.54) is 11.1 Å². The number of halogens is 1. The third-order valence-electron chi connectivity index (χ3n) is 3.17. The Morgan fingerprint density at radius 3 is 2.05 bits per heavy atom. The van der Waals surface area contributed by atoms with Gasteiger partial charge in [-0.05, 0) is 29.1 Å². The Balaban J connectivity index is 1.95. The fraction of sp³-hybridized carbons (Fsp3) is 0.235. The minimum Gasteiger partial charge on any atom is -0.309 e. The van der Waals surface area contributed by atoms with Crippen LogP contribution in [0.4, 0.5) is 0 Å². The number of rotatable bonds is 7. The average molecular weight is 288 g/mol. The van der Waals surface area contributed by atoms with E-state index in [0.717, 1.165) is 13.0 Å². The molecule has 0 bridgehead atoms. The van der Waals surface area contributed by atoms with E-state index in [4.69, 9.17) is 11.6 Å². The van der Waals surface area contributed by atoms with Crippen molar-refractivity contribution >= 4 is 16.8 Å². The highest BCUT2D eigenvalue weighted by molar-refractivity contribution is 6.63. The number of nitrogens with one attached hydrogen (secondary N) is 1. The summed E-state index contributed by atoms with van der Waals surface area (Å²) in [5, 5.41) is 3.11. The van der Waals surface area contributed by atoms with Gasteiger partial charge in [0.25, 0.3) is 0 Å². The zero-order chi connectivity index (χ0) is 14.2. The maximum Gasteiger partial charge on any atom is 0.223 e. The molecule has 0 amide bonds. The molecule has 1 atom stereocenters. The number of hydrogen-bond acceptors (Lipinski definition) is 2. The van der Waals surface area contributed by atoms with Gasteiger partial charge in [0.1, 0.15) is 0 Å². The smallest absolute Gasteiger partial charge is 0.223 e. The molecule has 0 aromatic heterocycles. The Bertz CT molecular complexity index is 527. The highest BCUT2D eigenvalue weighted by atomic mass is 35.5. The zero-order valence-corrected chi connectivity index (χ0v) is 12.0. The van der Waals surface area contributed by atoms with Crippen LogP contribution >= 0.6 is 11.6 Å². The molecule has 0 aliphatic rings. The lowest BCUT2D eigenvalue weighted by molar-refractivity contribution is -0.112. The summed E-state index contributed by atoms with van der Waals surface area (Å²) < 4.78 is 0. The summed E-state index contributed by atoms with van der Waals surface area (Å²) in [4.78, 5) is 11.2. The average Bonchev–Trinajstić information content (AvgIpc) is 2.46. The Morgan fingerprint density at radius 1 is 0.950 bits per heavy atom. The van der Waals surface area contributed by atoms with Crippen LogP contribution in [0.1, 0.15) is 17.5 Å². The lowest BCUT2D eigenvalue weighted by atomic mass is 10.0. The molecule has 0 saturated carbocycles. The molecule has 2 aromatic carbocycles. The van der Waals surface area contributed by atoms with Crippen molar-refractivity contribution in [1.29, 1.82) is 0 Å². The second-order valence-electron chi connectivity index (χ2n) is 4.81. The molecule has 0 aliphatic carbocycles. The van der Waals surface area contributed by atoms with Crippen LogP contribution in [0.2, 0.25) is 0 Å². The van der Waals surface area contributed by atoms with Crippen molar-refractivity contribution in [2.45, 2.75) is 25.4 Å². The summed E-state index contributed by atoms with van der Waals surface area (Å²) in [6, 6.07) is 20.3. The van der Waals surface area contributed by atoms with Crippen molar-refractivity contribution in [3.8, 4) is 0 Å². The third-order valence-corrected chi connectivity index (χ3v) is 3.32. The molecule has 1 unspecified atom stereocenters. The minimum atomic E-state index is -0.300. The van der Waals surface area contributed by atoms with E-state index in [2.05, 4.69) is 29.6 Å². The van der Waals surface area contributed by atoms with Crippen molar-refractivity contribution in [2.75, 3.05) is 0 Å². The Hall–Kier alpha value is -1.64. The SMILES string of the molecule is O=C(Cl)CC(Cc1ccccc1)NCc1ccccc1. The first-order chi connectivity index (χ1) is 9.74. The topological polar surface area (TPSA) is 29.1 Å². The van der Waals surface area contributed by atoms with E-state index in [0.29, 0.717) is 6.42 Å². The molecule has 20 heavy (non-hydrogen) atoms. The molecule has 104 valence electrons. The van der Waals surface area contributed by atoms with E-state index >= 15 is 0 Å². The minimum absolute atomic E-state index is 0.0580. The second kappa shape index (κ2) is 7.83. The van der Waals surface area contributed by atoms with Crippen LogP contribution in [0.25, 0.3) is 0 Å². The van der Waals surface area contributed by atoms with Crippen LogP contribution in [-0.4, -0.2) is 11.3 Å². The fourth-order valence-electron chi connectivity index (χ4n) is 2.17. The molecule has 0 radical (unpaired) electrons. The first-order valence-corrected chi connectivity index (χ1v) is 7.11. The molecular weight excluding hydrogens is 270 g/mol. The van der Waals surface area contributed by atoms with E-state index in [1.54, 1.807) is 0 Å². The highest BCUT2D eigenvalue weighted by Gasteiger charge is 2.12. The van der Waals surface area contributed by atoms with Gasteiger partial charge < -0.3 is 5.32 Å². The summed E-state index contributed by atoms with van der Waals surface area (Å²) in [5.74, 6) is 0. The number of hydrogen-bond donors (Lipinski definition) is 1. The normalized spacial score (nSPS) is 12.1. The first-order valence-electron chi connectivity index (χ1n) is 6.73. The molecule has 0 fully saturated rings. The van der Waals surface area contributed by atoms with Gasteiger partial charge in [-0.25, -0.2) is 0 Å². The summed E-state index contributed by atoms with van der Waals surface area (Å²) in [6.07, 6.45) is 1.13. The number of carbonyl (C=O) groups is 1. The molecule has 0 aliphatic heterocycles. The van der Waals surface area contributed by atoms with Crippen LogP contribution in [0.15, 0.2) is 60.7 Å². The van der Waals surface area contributed by atoms with Crippen molar-refractivity contribution in [2.24, 2.45) is 0 Å². The first kappa shape index (κ1) is 14.8. The second-order valence-corrected chi connectivity index (χ2v) is 5.23. The summed E-state index contributed by atoms with van der Waals surface area (Å²) in [7, 11) is 0. The van der Waals surface area contributed by atoms with Crippen LogP contribution < -0.4 is 5.32 Å². The van der Waals surface area contributed by atoms with Crippen LogP contribution in [-0.2, 0) is 17.8 Å². The van der Waals surface area contributed by atoms with Gasteiger partial charge in [0.2, 0.25) is 5.24 Å². The van der Waals surface area contributed by atoms with Gasteiger partial charge in [0.05, 0.1) is 0 Å². The van der Waals surface area contributed by atoms with Crippen molar-refractivity contribution in [1.82, 2.24) is 5.32 Å². The molecule has 3 heteroatoms. The van der Waals surface area contributed by atoms with Gasteiger partial charge >= 0.3 is 0 Å². The summed E-state index contributed by atoms with van der Waals surface area (Å²) in [6.45, 7) is 0.739. The predicted octanol–water partition coefficient (Wildman–Crippen LogP) is 3.54. The van der Waals surface area contributed by atoms with Gasteiger partial charge in [-0.15, -0.1) is 0 Å². The predicted molar refractivity (Wildman–Crippen MR) is 82.7 cm³/mol. The lowest BCUT2D eigenvalue weighted by Gasteiger charge is -2.17. The third kappa shape index (κ3) is 5.16. The van der Waals surface area contributed by atoms with E-state index in [1.807, 2.05) is 36.4 Å². The van der Waals surface area contributed by atoms with E-state index in [9.17, 15) is 4.79 Å². The molecule has 0 saturated heterocycles. The van der Waals surface area contributed by atoms with Crippen LogP contribution in [0.3, 0.4) is 0 Å². The molecule has 1 N–H and O–H groups in total. The molecule has 0 heterocycles. The maximum atomic E-state index is 11.2. The Kier molecular flexibility index (Phi) is 5.78. The maximum absolute atomic E-state index is 11.2. The number of benzene rings is 2. The Morgan fingerprint density at radius 2 is 1.50 bits per heavy atom. The van der Waals surface area contributed by atoms with Gasteiger partial charge in [-0.2, -0.15) is 0 Å². The van der Waals surface area contributed by atoms with Crippen molar-refractivity contribution in [3.63, 3.8) is 0 Å². The van der Waals surface area contributed by atoms with Crippen molar-refractivity contribution < 1.29 is 4.79 Å². The molecule has 2 rings (SSSR count). The lowest BCUT2D eigenvalue weighted by Crippen LogP contribution is -2.32. The van der Waals surface area contributed by atoms with Gasteiger partial charge in [-0.1, -0.05) is 60.7 Å². The molecule has 2 nitrogen and oxygen atoms in total. The highest BCUT2D eigenvalue weighted by Crippen LogP contribution is 2.09. The zero-order valence-electron chi connectivity index (χ0n) is 11.3. The van der Waals surface area contributed by atoms with Crippen LogP contribution in [0, 0.1) is 0 Å². The molecular formula is C17H18ClNO.